The number of aromatic nitrogens is 4. The number of imidazole rings is 1. The molecule has 0 aliphatic carbocycles. The molecule has 0 fully saturated rings. The van der Waals surface area contributed by atoms with E-state index < -0.39 is 16.8 Å². The number of hydrogen-bond acceptors (Lipinski definition) is 8. The predicted octanol–water partition coefficient (Wildman–Crippen LogP) is 3.37. The molecule has 4 heterocycles. The molecule has 10 nitrogen and oxygen atoms in total. The minimum Gasteiger partial charge on any atom is -0.443 e. The van der Waals surface area contributed by atoms with E-state index in [1.54, 1.807) is 12.1 Å². The Bertz CT molecular complexity index is 1070. The number of fused-ring (bicyclic) bond motifs is 1. The number of nitro groups is 1. The van der Waals surface area contributed by atoms with E-state index in [-0.39, 0.29) is 42.8 Å². The molecule has 0 aromatic carbocycles. The Hall–Kier alpha value is -3.74. The molecule has 3 aromatic heterocycles. The molecule has 1 atom stereocenters. The SMILES string of the molecule is O=[N+]([O-])c1cn2c(n1)OC[C@@H](OCc1ccc(Oc3ccc(C(F)(F)F)nc3)nc1)C2. The van der Waals surface area contributed by atoms with Crippen LogP contribution >= 0.6 is 0 Å². The van der Waals surface area contributed by atoms with Crippen LogP contribution in [0.2, 0.25) is 0 Å². The van der Waals surface area contributed by atoms with Crippen LogP contribution in [0, 0.1) is 10.1 Å². The third-order valence-electron chi connectivity index (χ3n) is 4.25. The summed E-state index contributed by atoms with van der Waals surface area (Å²) in [6, 6.07) is 5.39. The lowest BCUT2D eigenvalue weighted by Crippen LogP contribution is -2.32. The standard InChI is InChI=1S/C18H14F3N5O5/c19-18(20,21)14-3-2-12(6-22-14)31-16-4-1-11(5-23-16)9-29-13-7-25-8-15(26(27)28)24-17(25)30-10-13/h1-6,8,13H,7,9-10H2/t13-/m0/s1. The minimum absolute atomic E-state index is 0.120. The molecule has 31 heavy (non-hydrogen) atoms. The Balaban J connectivity index is 1.30. The number of pyridine rings is 2. The summed E-state index contributed by atoms with van der Waals surface area (Å²) in [6.07, 6.45) is -1.09. The van der Waals surface area contributed by atoms with Gasteiger partial charge in [-0.05, 0) is 28.7 Å². The average Bonchev–Trinajstić information content (AvgIpc) is 3.17. The maximum Gasteiger partial charge on any atom is 0.433 e. The molecule has 162 valence electrons. The van der Waals surface area contributed by atoms with Gasteiger partial charge < -0.3 is 24.3 Å². The minimum atomic E-state index is -4.52. The summed E-state index contributed by atoms with van der Waals surface area (Å²) in [5.41, 5.74) is -0.287. The van der Waals surface area contributed by atoms with Crippen molar-refractivity contribution in [1.82, 2.24) is 19.5 Å². The fourth-order valence-corrected chi connectivity index (χ4v) is 2.76. The molecular weight excluding hydrogens is 423 g/mol. The highest BCUT2D eigenvalue weighted by atomic mass is 19.4. The van der Waals surface area contributed by atoms with Gasteiger partial charge >= 0.3 is 18.0 Å². The molecule has 0 spiro atoms. The van der Waals surface area contributed by atoms with Crippen LogP contribution in [0.3, 0.4) is 0 Å². The lowest BCUT2D eigenvalue weighted by atomic mass is 10.3. The van der Waals surface area contributed by atoms with Crippen LogP contribution in [0.4, 0.5) is 19.0 Å². The summed E-state index contributed by atoms with van der Waals surface area (Å²) in [6.45, 7) is 0.755. The lowest BCUT2D eigenvalue weighted by molar-refractivity contribution is -0.389. The first-order chi connectivity index (χ1) is 14.8. The van der Waals surface area contributed by atoms with Crippen LogP contribution in [0.25, 0.3) is 0 Å². The van der Waals surface area contributed by atoms with Gasteiger partial charge in [0.15, 0.2) is 0 Å². The fraction of sp³-hybridized carbons (Fsp3) is 0.278. The van der Waals surface area contributed by atoms with Gasteiger partial charge in [-0.25, -0.2) is 9.97 Å². The molecule has 0 unspecified atom stereocenters. The predicted molar refractivity (Wildman–Crippen MR) is 96.5 cm³/mol. The van der Waals surface area contributed by atoms with Crippen molar-refractivity contribution in [3.63, 3.8) is 0 Å². The van der Waals surface area contributed by atoms with E-state index in [0.29, 0.717) is 6.54 Å². The number of hydrogen-bond donors (Lipinski definition) is 0. The van der Waals surface area contributed by atoms with E-state index in [1.807, 2.05) is 0 Å². The topological polar surface area (TPSA) is 114 Å². The maximum absolute atomic E-state index is 12.5. The zero-order valence-corrected chi connectivity index (χ0v) is 15.7. The van der Waals surface area contributed by atoms with E-state index >= 15 is 0 Å². The van der Waals surface area contributed by atoms with Crippen molar-refractivity contribution in [1.29, 1.82) is 0 Å². The van der Waals surface area contributed by atoms with Crippen LogP contribution in [0.5, 0.6) is 17.6 Å². The third-order valence-corrected chi connectivity index (χ3v) is 4.25. The molecule has 0 bridgehead atoms. The van der Waals surface area contributed by atoms with Crippen LogP contribution in [-0.4, -0.2) is 37.2 Å². The zero-order valence-electron chi connectivity index (χ0n) is 15.7. The number of alkyl halides is 3. The largest absolute Gasteiger partial charge is 0.443 e. The second-order valence-corrected chi connectivity index (χ2v) is 6.52. The first-order valence-electron chi connectivity index (χ1n) is 8.90. The highest BCUT2D eigenvalue weighted by molar-refractivity contribution is 5.27. The first-order valence-corrected chi connectivity index (χ1v) is 8.90. The van der Waals surface area contributed by atoms with Crippen molar-refractivity contribution in [2.75, 3.05) is 6.61 Å². The van der Waals surface area contributed by atoms with E-state index in [4.69, 9.17) is 14.2 Å². The van der Waals surface area contributed by atoms with Crippen molar-refractivity contribution < 1.29 is 32.3 Å². The van der Waals surface area contributed by atoms with Gasteiger partial charge in [-0.15, -0.1) is 0 Å². The number of halogens is 3. The normalized spacial score (nSPS) is 15.8. The molecule has 1 aliphatic heterocycles. The van der Waals surface area contributed by atoms with Crippen LogP contribution in [0.15, 0.2) is 42.9 Å². The smallest absolute Gasteiger partial charge is 0.433 e. The highest BCUT2D eigenvalue weighted by Crippen LogP contribution is 2.29. The van der Waals surface area contributed by atoms with E-state index in [9.17, 15) is 23.3 Å². The summed E-state index contributed by atoms with van der Waals surface area (Å²) in [5, 5.41) is 10.8. The monoisotopic (exact) mass is 437 g/mol. The fourth-order valence-electron chi connectivity index (χ4n) is 2.76. The molecule has 4 rings (SSSR count). The van der Waals surface area contributed by atoms with Gasteiger partial charge in [-0.1, -0.05) is 0 Å². The molecule has 13 heteroatoms. The quantitative estimate of drug-likeness (QED) is 0.426. The molecule has 0 saturated heterocycles. The van der Waals surface area contributed by atoms with E-state index in [1.165, 1.54) is 17.0 Å². The Kier molecular flexibility index (Phi) is 5.42. The average molecular weight is 437 g/mol. The summed E-state index contributed by atoms with van der Waals surface area (Å²) in [4.78, 5) is 21.4. The summed E-state index contributed by atoms with van der Waals surface area (Å²) < 4.78 is 55.7. The first kappa shape index (κ1) is 20.5. The molecule has 0 N–H and O–H groups in total. The van der Waals surface area contributed by atoms with Gasteiger partial charge in [0.2, 0.25) is 5.88 Å². The third kappa shape index (κ3) is 4.88. The number of rotatable bonds is 6. The van der Waals surface area contributed by atoms with Gasteiger partial charge in [0.25, 0.3) is 0 Å². The molecule has 0 saturated carbocycles. The van der Waals surface area contributed by atoms with Crippen LogP contribution in [-0.2, 0) is 24.1 Å². The Labute approximate surface area is 172 Å². The van der Waals surface area contributed by atoms with Gasteiger partial charge in [0.1, 0.15) is 30.4 Å². The van der Waals surface area contributed by atoms with Crippen molar-refractivity contribution in [2.45, 2.75) is 25.4 Å². The van der Waals surface area contributed by atoms with Crippen molar-refractivity contribution in [3.05, 3.63) is 64.2 Å². The summed E-state index contributed by atoms with van der Waals surface area (Å²) in [7, 11) is 0. The zero-order chi connectivity index (χ0) is 22.0. The second-order valence-electron chi connectivity index (χ2n) is 6.52. The number of ether oxygens (including phenoxy) is 3. The van der Waals surface area contributed by atoms with Crippen LogP contribution in [0.1, 0.15) is 11.3 Å². The molecule has 0 amide bonds. The van der Waals surface area contributed by atoms with Gasteiger partial charge in [-0.3, -0.25) is 4.57 Å². The van der Waals surface area contributed by atoms with Crippen molar-refractivity contribution in [3.8, 4) is 17.6 Å². The lowest BCUT2D eigenvalue weighted by Gasteiger charge is -2.22. The van der Waals surface area contributed by atoms with E-state index in [2.05, 4.69) is 15.0 Å². The Morgan fingerprint density at radius 2 is 2.06 bits per heavy atom. The van der Waals surface area contributed by atoms with Gasteiger partial charge in [0, 0.05) is 17.2 Å². The summed E-state index contributed by atoms with van der Waals surface area (Å²) in [5.74, 6) is 0.00874. The summed E-state index contributed by atoms with van der Waals surface area (Å²) >= 11 is 0. The van der Waals surface area contributed by atoms with Crippen LogP contribution < -0.4 is 9.47 Å². The number of nitrogens with zero attached hydrogens (tertiary/aromatic N) is 5. The van der Waals surface area contributed by atoms with E-state index in [0.717, 1.165) is 23.9 Å². The molecule has 1 aliphatic rings. The van der Waals surface area contributed by atoms with Gasteiger partial charge in [0.05, 0.1) is 19.3 Å². The van der Waals surface area contributed by atoms with Crippen molar-refractivity contribution >= 4 is 5.82 Å². The maximum atomic E-state index is 12.5. The second kappa shape index (κ2) is 8.18. The highest BCUT2D eigenvalue weighted by Gasteiger charge is 2.32. The van der Waals surface area contributed by atoms with Gasteiger partial charge in [-0.2, -0.15) is 13.2 Å². The molecular formula is C18H14F3N5O5. The molecule has 3 aromatic rings. The molecule has 0 radical (unpaired) electrons. The Morgan fingerprint density at radius 1 is 1.23 bits per heavy atom. The Morgan fingerprint density at radius 3 is 2.71 bits per heavy atom. The van der Waals surface area contributed by atoms with Crippen molar-refractivity contribution in [2.24, 2.45) is 0 Å².